The summed E-state index contributed by atoms with van der Waals surface area (Å²) in [7, 11) is -3.02. The molecule has 0 aromatic heterocycles. The van der Waals surface area contributed by atoms with Gasteiger partial charge in [-0.2, -0.15) is 0 Å². The van der Waals surface area contributed by atoms with E-state index in [-0.39, 0.29) is 17.4 Å². The zero-order valence-corrected chi connectivity index (χ0v) is 5.99. The third kappa shape index (κ3) is 1.41. The molecule has 1 aliphatic rings. The smallest absolute Gasteiger partial charge is 0.153 e. The minimum absolute atomic E-state index is 0.0220. The normalized spacial score (nSPS) is 41.1. The SMILES string of the molecule is CC1CS(=O)(=O)CC1F. The summed E-state index contributed by atoms with van der Waals surface area (Å²) in [5.41, 5.74) is 0. The molecule has 2 unspecified atom stereocenters. The first-order chi connectivity index (χ1) is 4.01. The van der Waals surface area contributed by atoms with Gasteiger partial charge in [0.2, 0.25) is 0 Å². The fourth-order valence-corrected chi connectivity index (χ4v) is 2.94. The van der Waals surface area contributed by atoms with Crippen LogP contribution in [0.25, 0.3) is 0 Å². The second-order valence-corrected chi connectivity index (χ2v) is 4.72. The third-order valence-electron chi connectivity index (χ3n) is 1.55. The van der Waals surface area contributed by atoms with Gasteiger partial charge in [-0.3, -0.25) is 0 Å². The highest BCUT2D eigenvalue weighted by molar-refractivity contribution is 7.91. The van der Waals surface area contributed by atoms with Gasteiger partial charge in [0.15, 0.2) is 9.84 Å². The number of sulfone groups is 1. The van der Waals surface area contributed by atoms with E-state index in [0.717, 1.165) is 0 Å². The zero-order valence-electron chi connectivity index (χ0n) is 5.17. The van der Waals surface area contributed by atoms with Crippen LogP contribution in [-0.2, 0) is 9.84 Å². The molecule has 0 N–H and O–H groups in total. The number of hydrogen-bond acceptors (Lipinski definition) is 2. The maximum absolute atomic E-state index is 12.4. The van der Waals surface area contributed by atoms with Crippen LogP contribution in [0.1, 0.15) is 6.92 Å². The molecule has 0 radical (unpaired) electrons. The molecule has 0 aliphatic carbocycles. The Hall–Kier alpha value is -0.120. The van der Waals surface area contributed by atoms with Crippen molar-refractivity contribution in [2.24, 2.45) is 5.92 Å². The Morgan fingerprint density at radius 3 is 2.11 bits per heavy atom. The first-order valence-electron chi connectivity index (χ1n) is 2.86. The predicted molar refractivity (Wildman–Crippen MR) is 32.7 cm³/mol. The largest absolute Gasteiger partial charge is 0.246 e. The van der Waals surface area contributed by atoms with Gasteiger partial charge in [-0.05, 0) is 0 Å². The molecule has 9 heavy (non-hydrogen) atoms. The van der Waals surface area contributed by atoms with Crippen molar-refractivity contribution < 1.29 is 12.8 Å². The van der Waals surface area contributed by atoms with Crippen molar-refractivity contribution in [2.75, 3.05) is 11.5 Å². The van der Waals surface area contributed by atoms with Crippen LogP contribution in [-0.4, -0.2) is 26.1 Å². The highest BCUT2D eigenvalue weighted by Gasteiger charge is 2.34. The molecule has 2 atom stereocenters. The van der Waals surface area contributed by atoms with Crippen molar-refractivity contribution in [3.05, 3.63) is 0 Å². The van der Waals surface area contributed by atoms with Crippen LogP contribution in [0.3, 0.4) is 0 Å². The molecule has 0 bridgehead atoms. The second-order valence-electron chi connectivity index (χ2n) is 2.57. The van der Waals surface area contributed by atoms with Gasteiger partial charge in [0, 0.05) is 5.92 Å². The fourth-order valence-electron chi connectivity index (χ4n) is 0.980. The molecule has 1 heterocycles. The van der Waals surface area contributed by atoms with E-state index in [1.165, 1.54) is 0 Å². The van der Waals surface area contributed by atoms with Crippen LogP contribution in [0.2, 0.25) is 0 Å². The van der Waals surface area contributed by atoms with E-state index < -0.39 is 16.0 Å². The molecular weight excluding hydrogens is 143 g/mol. The van der Waals surface area contributed by atoms with Gasteiger partial charge < -0.3 is 0 Å². The van der Waals surface area contributed by atoms with Crippen LogP contribution in [0.4, 0.5) is 4.39 Å². The van der Waals surface area contributed by atoms with E-state index >= 15 is 0 Å². The molecule has 0 aromatic carbocycles. The number of halogens is 1. The van der Waals surface area contributed by atoms with Gasteiger partial charge in [-0.15, -0.1) is 0 Å². The van der Waals surface area contributed by atoms with Crippen molar-refractivity contribution in [3.63, 3.8) is 0 Å². The van der Waals surface area contributed by atoms with Gasteiger partial charge in [0.25, 0.3) is 0 Å². The monoisotopic (exact) mass is 152 g/mol. The Bertz CT molecular complexity index is 181. The summed E-state index contributed by atoms with van der Waals surface area (Å²) < 4.78 is 33.7. The van der Waals surface area contributed by atoms with E-state index in [0.29, 0.717) is 0 Å². The lowest BCUT2D eigenvalue weighted by Gasteiger charge is -1.98. The zero-order chi connectivity index (χ0) is 7.07. The van der Waals surface area contributed by atoms with E-state index in [2.05, 4.69) is 0 Å². The van der Waals surface area contributed by atoms with Gasteiger partial charge in [-0.25, -0.2) is 12.8 Å². The number of hydrogen-bond donors (Lipinski definition) is 0. The molecule has 0 amide bonds. The average molecular weight is 152 g/mol. The van der Waals surface area contributed by atoms with Crippen LogP contribution >= 0.6 is 0 Å². The van der Waals surface area contributed by atoms with Crippen LogP contribution in [0.15, 0.2) is 0 Å². The fraction of sp³-hybridized carbons (Fsp3) is 1.00. The van der Waals surface area contributed by atoms with Crippen LogP contribution in [0, 0.1) is 5.92 Å². The highest BCUT2D eigenvalue weighted by atomic mass is 32.2. The van der Waals surface area contributed by atoms with Crippen molar-refractivity contribution in [2.45, 2.75) is 13.1 Å². The molecule has 1 fully saturated rings. The van der Waals surface area contributed by atoms with Crippen molar-refractivity contribution in [1.29, 1.82) is 0 Å². The van der Waals surface area contributed by atoms with Crippen molar-refractivity contribution in [3.8, 4) is 0 Å². The first kappa shape index (κ1) is 6.99. The van der Waals surface area contributed by atoms with Crippen molar-refractivity contribution >= 4 is 9.84 Å². The summed E-state index contributed by atoms with van der Waals surface area (Å²) in [5, 5.41) is 0. The van der Waals surface area contributed by atoms with E-state index in [1.807, 2.05) is 0 Å². The molecule has 1 rings (SSSR count). The Kier molecular flexibility index (Phi) is 1.50. The van der Waals surface area contributed by atoms with Gasteiger partial charge in [0.1, 0.15) is 6.17 Å². The molecule has 4 heteroatoms. The summed E-state index contributed by atoms with van der Waals surface area (Å²) >= 11 is 0. The lowest BCUT2D eigenvalue weighted by molar-refractivity contribution is 0.300. The highest BCUT2D eigenvalue weighted by Crippen LogP contribution is 2.20. The maximum atomic E-state index is 12.4. The summed E-state index contributed by atoms with van der Waals surface area (Å²) in [6.45, 7) is 1.62. The summed E-state index contributed by atoms with van der Waals surface area (Å²) in [5.74, 6) is -0.544. The molecule has 0 aromatic rings. The summed E-state index contributed by atoms with van der Waals surface area (Å²) in [4.78, 5) is 0. The lowest BCUT2D eigenvalue weighted by atomic mass is 10.1. The summed E-state index contributed by atoms with van der Waals surface area (Å²) in [6.07, 6.45) is -1.13. The minimum Gasteiger partial charge on any atom is -0.246 e. The predicted octanol–water partition coefficient (Wildman–Crippen LogP) is 0.389. The van der Waals surface area contributed by atoms with Crippen molar-refractivity contribution in [1.82, 2.24) is 0 Å². The second kappa shape index (κ2) is 1.94. The Morgan fingerprint density at radius 2 is 2.00 bits per heavy atom. The van der Waals surface area contributed by atoms with Gasteiger partial charge in [-0.1, -0.05) is 6.92 Å². The molecule has 2 nitrogen and oxygen atoms in total. The van der Waals surface area contributed by atoms with E-state index in [1.54, 1.807) is 6.92 Å². The number of rotatable bonds is 0. The van der Waals surface area contributed by atoms with Gasteiger partial charge in [0.05, 0.1) is 11.5 Å². The molecule has 54 valence electrons. The Morgan fingerprint density at radius 1 is 1.44 bits per heavy atom. The summed E-state index contributed by atoms with van der Waals surface area (Å²) in [6, 6.07) is 0. The maximum Gasteiger partial charge on any atom is 0.153 e. The minimum atomic E-state index is -3.02. The average Bonchev–Trinajstić information content (AvgIpc) is 1.79. The molecular formula is C5H9FO2S. The van der Waals surface area contributed by atoms with Gasteiger partial charge >= 0.3 is 0 Å². The molecule has 0 spiro atoms. The van der Waals surface area contributed by atoms with E-state index in [4.69, 9.17) is 0 Å². The Balaban J connectivity index is 2.77. The first-order valence-corrected chi connectivity index (χ1v) is 4.68. The number of alkyl halides is 1. The Labute approximate surface area is 54.0 Å². The standard InChI is InChI=1S/C5H9FO2S/c1-4-2-9(7,8)3-5(4)6/h4-5H,2-3H2,1H3. The molecule has 1 saturated heterocycles. The van der Waals surface area contributed by atoms with E-state index in [9.17, 15) is 12.8 Å². The third-order valence-corrected chi connectivity index (χ3v) is 3.41. The molecule has 1 aliphatic heterocycles. The van der Waals surface area contributed by atoms with Crippen LogP contribution in [0.5, 0.6) is 0 Å². The molecule has 0 saturated carbocycles. The topological polar surface area (TPSA) is 34.1 Å². The lowest BCUT2D eigenvalue weighted by Crippen LogP contribution is -2.07. The quantitative estimate of drug-likeness (QED) is 0.503. The van der Waals surface area contributed by atoms with Crippen LogP contribution < -0.4 is 0 Å².